The van der Waals surface area contributed by atoms with Crippen LogP contribution in [0, 0.1) is 0 Å². The SMILES string of the molecule is Oc1cccc2c1CN(CF)CC2O. The molecule has 1 aromatic carbocycles. The van der Waals surface area contributed by atoms with E-state index in [1.807, 2.05) is 0 Å². The van der Waals surface area contributed by atoms with Crippen molar-refractivity contribution in [2.75, 3.05) is 13.3 Å². The minimum Gasteiger partial charge on any atom is -0.508 e. The third-order valence-corrected chi connectivity index (χ3v) is 2.53. The van der Waals surface area contributed by atoms with E-state index in [1.165, 1.54) is 4.90 Å². The Morgan fingerprint density at radius 1 is 1.50 bits per heavy atom. The zero-order valence-corrected chi connectivity index (χ0v) is 7.65. The molecule has 1 aliphatic heterocycles. The number of halogens is 1. The van der Waals surface area contributed by atoms with Crippen molar-refractivity contribution in [2.45, 2.75) is 12.6 Å². The van der Waals surface area contributed by atoms with Gasteiger partial charge in [0.05, 0.1) is 6.10 Å². The molecule has 0 saturated heterocycles. The number of β-amino-alcohol motifs (C(OH)–C–C–N with tert-alkyl or cyclic N) is 1. The Bertz CT molecular complexity index is 343. The minimum absolute atomic E-state index is 0.125. The van der Waals surface area contributed by atoms with Crippen molar-refractivity contribution in [3.05, 3.63) is 29.3 Å². The summed E-state index contributed by atoms with van der Waals surface area (Å²) in [7, 11) is 0. The smallest absolute Gasteiger partial charge is 0.143 e. The summed E-state index contributed by atoms with van der Waals surface area (Å²) in [6.45, 7) is 0.0351. The van der Waals surface area contributed by atoms with Gasteiger partial charge < -0.3 is 10.2 Å². The number of fused-ring (bicyclic) bond motifs is 1. The second-order valence-corrected chi connectivity index (χ2v) is 3.49. The monoisotopic (exact) mass is 197 g/mol. The van der Waals surface area contributed by atoms with Gasteiger partial charge in [-0.05, 0) is 11.6 Å². The topological polar surface area (TPSA) is 43.7 Å². The molecule has 0 bridgehead atoms. The first-order valence-corrected chi connectivity index (χ1v) is 4.49. The van der Waals surface area contributed by atoms with E-state index in [0.717, 1.165) is 0 Å². The van der Waals surface area contributed by atoms with Crippen molar-refractivity contribution in [3.63, 3.8) is 0 Å². The number of rotatable bonds is 1. The first kappa shape index (κ1) is 9.43. The molecule has 0 amide bonds. The maximum Gasteiger partial charge on any atom is 0.143 e. The van der Waals surface area contributed by atoms with Crippen molar-refractivity contribution >= 4 is 0 Å². The maximum absolute atomic E-state index is 12.4. The van der Waals surface area contributed by atoms with E-state index >= 15 is 0 Å². The lowest BCUT2D eigenvalue weighted by molar-refractivity contribution is 0.0649. The molecule has 1 aromatic rings. The second kappa shape index (κ2) is 3.55. The quantitative estimate of drug-likeness (QED) is 0.664. The van der Waals surface area contributed by atoms with E-state index in [4.69, 9.17) is 0 Å². The van der Waals surface area contributed by atoms with Crippen LogP contribution in [-0.2, 0) is 6.54 Å². The highest BCUT2D eigenvalue weighted by molar-refractivity contribution is 5.41. The number of aromatic hydroxyl groups is 1. The summed E-state index contributed by atoms with van der Waals surface area (Å²) >= 11 is 0. The summed E-state index contributed by atoms with van der Waals surface area (Å²) in [6.07, 6.45) is -0.707. The summed E-state index contributed by atoms with van der Waals surface area (Å²) in [5.74, 6) is 0.125. The summed E-state index contributed by atoms with van der Waals surface area (Å²) in [5.41, 5.74) is 1.33. The second-order valence-electron chi connectivity index (χ2n) is 3.49. The maximum atomic E-state index is 12.4. The first-order valence-electron chi connectivity index (χ1n) is 4.49. The van der Waals surface area contributed by atoms with Crippen LogP contribution in [0.25, 0.3) is 0 Å². The number of nitrogens with zero attached hydrogens (tertiary/aromatic N) is 1. The van der Waals surface area contributed by atoms with Crippen LogP contribution in [0.15, 0.2) is 18.2 Å². The Balaban J connectivity index is 2.40. The van der Waals surface area contributed by atoms with Crippen LogP contribution < -0.4 is 0 Å². The summed E-state index contributed by atoms with van der Waals surface area (Å²) < 4.78 is 12.4. The molecule has 4 heteroatoms. The number of phenols is 1. The zero-order chi connectivity index (χ0) is 10.1. The standard InChI is InChI=1S/C10H12FNO2/c11-6-12-4-8-7(10(14)5-12)2-1-3-9(8)13/h1-3,10,13-14H,4-6H2. The zero-order valence-electron chi connectivity index (χ0n) is 7.65. The van der Waals surface area contributed by atoms with Crippen LogP contribution in [0.5, 0.6) is 5.75 Å². The number of aliphatic hydroxyl groups is 1. The third kappa shape index (κ3) is 1.47. The normalized spacial score (nSPS) is 22.0. The molecule has 0 fully saturated rings. The predicted molar refractivity (Wildman–Crippen MR) is 49.5 cm³/mol. The molecular formula is C10H12FNO2. The van der Waals surface area contributed by atoms with E-state index in [0.29, 0.717) is 17.7 Å². The summed E-state index contributed by atoms with van der Waals surface area (Å²) in [4.78, 5) is 1.45. The van der Waals surface area contributed by atoms with Crippen molar-refractivity contribution in [2.24, 2.45) is 0 Å². The number of hydrogen-bond donors (Lipinski definition) is 2. The number of aliphatic hydroxyl groups excluding tert-OH is 1. The summed E-state index contributed by atoms with van der Waals surface area (Å²) in [5, 5.41) is 19.2. The molecule has 0 aliphatic carbocycles. The Morgan fingerprint density at radius 3 is 3.00 bits per heavy atom. The van der Waals surface area contributed by atoms with Gasteiger partial charge in [0, 0.05) is 18.7 Å². The molecule has 0 spiro atoms. The number of benzene rings is 1. The summed E-state index contributed by atoms with van der Waals surface area (Å²) in [6, 6.07) is 4.99. The van der Waals surface area contributed by atoms with Crippen molar-refractivity contribution in [1.29, 1.82) is 0 Å². The lowest BCUT2D eigenvalue weighted by atomic mass is 9.97. The van der Waals surface area contributed by atoms with Crippen LogP contribution in [0.3, 0.4) is 0 Å². The highest BCUT2D eigenvalue weighted by atomic mass is 19.1. The lowest BCUT2D eigenvalue weighted by Crippen LogP contribution is -2.32. The Labute approximate surface area is 81.4 Å². The van der Waals surface area contributed by atoms with Crippen LogP contribution in [0.2, 0.25) is 0 Å². The van der Waals surface area contributed by atoms with Gasteiger partial charge in [-0.1, -0.05) is 12.1 Å². The van der Waals surface area contributed by atoms with Crippen molar-refractivity contribution < 1.29 is 14.6 Å². The van der Waals surface area contributed by atoms with Crippen LogP contribution >= 0.6 is 0 Å². The van der Waals surface area contributed by atoms with Gasteiger partial charge >= 0.3 is 0 Å². The molecule has 2 rings (SSSR count). The van der Waals surface area contributed by atoms with Crippen LogP contribution in [0.4, 0.5) is 4.39 Å². The molecule has 14 heavy (non-hydrogen) atoms. The Hall–Kier alpha value is -1.13. The average molecular weight is 197 g/mol. The van der Waals surface area contributed by atoms with E-state index < -0.39 is 12.9 Å². The van der Waals surface area contributed by atoms with Gasteiger partial charge in [0.1, 0.15) is 12.5 Å². The van der Waals surface area contributed by atoms with Gasteiger partial charge in [-0.3, -0.25) is 4.90 Å². The molecular weight excluding hydrogens is 185 g/mol. The molecule has 1 unspecified atom stereocenters. The number of alkyl halides is 1. The van der Waals surface area contributed by atoms with E-state index in [9.17, 15) is 14.6 Å². The van der Waals surface area contributed by atoms with Crippen LogP contribution in [0.1, 0.15) is 17.2 Å². The molecule has 76 valence electrons. The lowest BCUT2D eigenvalue weighted by Gasteiger charge is -2.30. The van der Waals surface area contributed by atoms with E-state index in [1.54, 1.807) is 18.2 Å². The average Bonchev–Trinajstić information content (AvgIpc) is 2.19. The molecule has 0 aromatic heterocycles. The van der Waals surface area contributed by atoms with Gasteiger partial charge in [0.15, 0.2) is 0 Å². The van der Waals surface area contributed by atoms with Crippen molar-refractivity contribution in [1.82, 2.24) is 4.90 Å². The van der Waals surface area contributed by atoms with E-state index in [-0.39, 0.29) is 12.3 Å². The highest BCUT2D eigenvalue weighted by Gasteiger charge is 2.25. The Kier molecular flexibility index (Phi) is 2.39. The number of phenolic OH excluding ortho intramolecular Hbond substituents is 1. The molecule has 0 saturated carbocycles. The van der Waals surface area contributed by atoms with Gasteiger partial charge in [0.25, 0.3) is 0 Å². The number of hydrogen-bond acceptors (Lipinski definition) is 3. The minimum atomic E-state index is -0.707. The fourth-order valence-corrected chi connectivity index (χ4v) is 1.80. The van der Waals surface area contributed by atoms with Crippen molar-refractivity contribution in [3.8, 4) is 5.75 Å². The highest BCUT2D eigenvalue weighted by Crippen LogP contribution is 2.31. The molecule has 1 aliphatic rings. The molecule has 1 atom stereocenters. The Morgan fingerprint density at radius 2 is 2.29 bits per heavy atom. The van der Waals surface area contributed by atoms with Gasteiger partial charge in [0.2, 0.25) is 0 Å². The molecule has 0 radical (unpaired) electrons. The van der Waals surface area contributed by atoms with E-state index in [2.05, 4.69) is 0 Å². The fourth-order valence-electron chi connectivity index (χ4n) is 1.80. The van der Waals surface area contributed by atoms with Crippen LogP contribution in [-0.4, -0.2) is 28.5 Å². The first-order chi connectivity index (χ1) is 6.72. The molecule has 1 heterocycles. The van der Waals surface area contributed by atoms with Gasteiger partial charge in [-0.15, -0.1) is 0 Å². The predicted octanol–water partition coefficient (Wildman–Crippen LogP) is 1.17. The third-order valence-electron chi connectivity index (χ3n) is 2.53. The van der Waals surface area contributed by atoms with Gasteiger partial charge in [-0.25, -0.2) is 4.39 Å². The largest absolute Gasteiger partial charge is 0.508 e. The fraction of sp³-hybridized carbons (Fsp3) is 0.400. The molecule has 2 N–H and O–H groups in total. The molecule has 3 nitrogen and oxygen atoms in total. The van der Waals surface area contributed by atoms with Gasteiger partial charge in [-0.2, -0.15) is 0 Å².